The molecule has 24 heteroatoms. The van der Waals surface area contributed by atoms with Crippen LogP contribution in [0, 0.1) is 17.8 Å². The molecular formula is C65H82ClN5O17S. The van der Waals surface area contributed by atoms with Crippen molar-refractivity contribution < 1.29 is 81.3 Å². The Kier molecular flexibility index (Phi) is 26.0. The molecule has 22 nitrogen and oxygen atoms in total. The van der Waals surface area contributed by atoms with Crippen LogP contribution in [0.4, 0.5) is 16.2 Å². The average molecular weight is 1270 g/mol. The number of halogens is 1. The second kappa shape index (κ2) is 33.3. The monoisotopic (exact) mass is 1270 g/mol. The molecule has 4 aliphatic heterocycles. The molecular weight excluding hydrogens is 1190 g/mol. The maximum Gasteiger partial charge on any atom is 0.409 e. The van der Waals surface area contributed by atoms with E-state index in [0.717, 1.165) is 45.3 Å². The number of likely N-dealkylation sites (N-methyl/N-ethyl adjacent to an activating group) is 1. The van der Waals surface area contributed by atoms with Gasteiger partial charge in [-0.3, -0.25) is 29.3 Å². The van der Waals surface area contributed by atoms with Crippen LogP contribution >= 0.6 is 23.4 Å². The number of epoxide rings is 1. The summed E-state index contributed by atoms with van der Waals surface area (Å²) in [5.41, 5.74) is 2.18. The van der Waals surface area contributed by atoms with E-state index >= 15 is 0 Å². The van der Waals surface area contributed by atoms with Crippen molar-refractivity contribution in [3.63, 3.8) is 0 Å². The first-order chi connectivity index (χ1) is 42.7. The quantitative estimate of drug-likeness (QED) is 0.0337. The van der Waals surface area contributed by atoms with Gasteiger partial charge >= 0.3 is 12.1 Å². The summed E-state index contributed by atoms with van der Waals surface area (Å²) in [7, 11) is 5.88. The Labute approximate surface area is 529 Å². The van der Waals surface area contributed by atoms with Crippen LogP contribution in [-0.4, -0.2) is 186 Å². The zero-order chi connectivity index (χ0) is 64.3. The fourth-order valence-electron chi connectivity index (χ4n) is 10.5. The molecule has 4 heterocycles. The molecule has 8 atom stereocenters. The lowest BCUT2D eigenvalue weighted by Crippen LogP contribution is -2.63. The maximum absolute atomic E-state index is 14.4. The van der Waals surface area contributed by atoms with Crippen LogP contribution in [0.1, 0.15) is 88.5 Å². The number of methoxy groups -OCH3 is 2. The van der Waals surface area contributed by atoms with Gasteiger partial charge in [0.05, 0.1) is 90.4 Å². The standard InChI is InChI=1S/C65H82ClN5O17S/c1-42-14-13-19-53(81-8)65(79)40-52(86-63(78)68-65)43(2)61-64(4,88-61)54(39-58(75)70(6)50-37-45(36-42)38-51(80-7)60(50)66)87-62(77)44(3)69(5)56(73)25-35-89-59(76)24-28-83-30-32-85-34-33-84-31-29-82-27-23-55(72)67-26-22-57(74)71-41-48-17-10-9-15-46(48)20-21-47-16-11-12-18-49(47)71/h9-19,37-38,43-44,52-54,61,79H,22-36,39-41H2,1-8H3,(H,67,72)(H,68,78)/b19-13+,42-14+/t43-,44-,52?,53-,54+,61+,64+,65?/m1/s1. The minimum Gasteiger partial charge on any atom is -0.495 e. The number of esters is 1. The van der Waals surface area contributed by atoms with Gasteiger partial charge in [-0.25, -0.2) is 9.59 Å². The van der Waals surface area contributed by atoms with Crippen LogP contribution in [0.25, 0.3) is 0 Å². The van der Waals surface area contributed by atoms with Gasteiger partial charge in [0, 0.05) is 82.7 Å². The largest absolute Gasteiger partial charge is 0.495 e. The van der Waals surface area contributed by atoms with Crippen molar-refractivity contribution in [2.75, 3.05) is 103 Å². The van der Waals surface area contributed by atoms with Gasteiger partial charge in [-0.1, -0.05) is 96.3 Å². The predicted octanol–water partition coefficient (Wildman–Crippen LogP) is 6.46. The summed E-state index contributed by atoms with van der Waals surface area (Å²) in [5.74, 6) is 4.22. The van der Waals surface area contributed by atoms with E-state index in [4.69, 9.17) is 54.2 Å². The van der Waals surface area contributed by atoms with Crippen molar-refractivity contribution in [1.82, 2.24) is 15.5 Å². The van der Waals surface area contributed by atoms with Crippen molar-refractivity contribution >= 4 is 75.5 Å². The number of nitrogens with zero attached hydrogens (tertiary/aromatic N) is 3. The van der Waals surface area contributed by atoms with Crippen LogP contribution in [0.2, 0.25) is 5.02 Å². The van der Waals surface area contributed by atoms with Crippen LogP contribution < -0.4 is 25.2 Å². The fourth-order valence-corrected chi connectivity index (χ4v) is 11.6. The number of ether oxygens (including phenoxy) is 9. The number of anilines is 2. The molecule has 2 saturated heterocycles. The molecule has 0 spiro atoms. The third-order valence-electron chi connectivity index (χ3n) is 16.0. The van der Waals surface area contributed by atoms with E-state index in [2.05, 4.69) is 22.5 Å². The fraction of sp³-hybridized carbons (Fsp3) is 0.523. The first kappa shape index (κ1) is 69.6. The number of rotatable bonds is 26. The minimum atomic E-state index is -1.88. The van der Waals surface area contributed by atoms with Gasteiger partial charge in [0.1, 0.15) is 40.7 Å². The maximum atomic E-state index is 14.4. The Bertz CT molecular complexity index is 3130. The van der Waals surface area contributed by atoms with Gasteiger partial charge < -0.3 is 67.8 Å². The number of nitrogens with one attached hydrogen (secondary N) is 2. The third kappa shape index (κ3) is 19.3. The van der Waals surface area contributed by atoms with Gasteiger partial charge in [0.15, 0.2) is 10.8 Å². The van der Waals surface area contributed by atoms with Gasteiger partial charge in [-0.2, -0.15) is 0 Å². The van der Waals surface area contributed by atoms with Gasteiger partial charge in [-0.05, 0) is 68.7 Å². The van der Waals surface area contributed by atoms with Crippen LogP contribution in [0.15, 0.2) is 84.5 Å². The van der Waals surface area contributed by atoms with Crippen molar-refractivity contribution in [2.45, 2.75) is 121 Å². The van der Waals surface area contributed by atoms with Crippen molar-refractivity contribution in [2.24, 2.45) is 5.92 Å². The average Bonchev–Trinajstić information content (AvgIpc) is 1.59. The highest BCUT2D eigenvalue weighted by atomic mass is 35.5. The molecule has 3 aromatic rings. The van der Waals surface area contributed by atoms with Crippen LogP contribution in [0.3, 0.4) is 0 Å². The first-order valence-corrected chi connectivity index (χ1v) is 31.1. The molecule has 4 aliphatic rings. The van der Waals surface area contributed by atoms with E-state index in [1.807, 2.05) is 61.5 Å². The van der Waals surface area contributed by atoms with Crippen molar-refractivity contribution in [3.8, 4) is 17.6 Å². The number of allylic oxidation sites excluding steroid dienone is 3. The summed E-state index contributed by atoms with van der Waals surface area (Å²) in [4.78, 5) is 97.7. The molecule has 7 rings (SSSR count). The van der Waals surface area contributed by atoms with Gasteiger partial charge in [-0.15, -0.1) is 0 Å². The number of benzene rings is 3. The number of carbonyl (C=O) groups is 7. The lowest BCUT2D eigenvalue weighted by atomic mass is 9.83. The molecule has 2 unspecified atom stereocenters. The molecule has 0 aromatic heterocycles. The Hall–Kier alpha value is -6.85. The highest BCUT2D eigenvalue weighted by Crippen LogP contribution is 2.49. The Morgan fingerprint density at radius 3 is 2.25 bits per heavy atom. The first-order valence-electron chi connectivity index (χ1n) is 29.7. The molecule has 0 saturated carbocycles. The second-order valence-corrected chi connectivity index (χ2v) is 23.9. The Balaban J connectivity index is 0.771. The van der Waals surface area contributed by atoms with Gasteiger partial charge in [0.25, 0.3) is 0 Å². The normalized spacial score (nSPS) is 23.6. The van der Waals surface area contributed by atoms with E-state index in [1.54, 1.807) is 50.1 Å². The topological polar surface area (TPSA) is 260 Å². The van der Waals surface area contributed by atoms with E-state index in [1.165, 1.54) is 38.0 Å². The molecule has 5 amide bonds. The lowest BCUT2D eigenvalue weighted by molar-refractivity contribution is -0.162. The molecule has 4 bridgehead atoms. The van der Waals surface area contributed by atoms with Crippen molar-refractivity contribution in [3.05, 3.63) is 112 Å². The number of amides is 5. The number of para-hydroxylation sites is 1. The highest BCUT2D eigenvalue weighted by molar-refractivity contribution is 8.13. The molecule has 0 aliphatic carbocycles. The molecule has 89 heavy (non-hydrogen) atoms. The highest BCUT2D eigenvalue weighted by Gasteiger charge is 2.64. The summed E-state index contributed by atoms with van der Waals surface area (Å²) in [6.07, 6.45) is 0.725. The molecule has 482 valence electrons. The summed E-state index contributed by atoms with van der Waals surface area (Å²) >= 11 is 7.80. The van der Waals surface area contributed by atoms with E-state index in [9.17, 15) is 38.7 Å². The van der Waals surface area contributed by atoms with E-state index < -0.39 is 71.6 Å². The lowest BCUT2D eigenvalue weighted by Gasteiger charge is -2.42. The number of hydrogen-bond acceptors (Lipinski definition) is 18. The van der Waals surface area contributed by atoms with Gasteiger partial charge in [0.2, 0.25) is 23.6 Å². The molecule has 0 radical (unpaired) electrons. The summed E-state index contributed by atoms with van der Waals surface area (Å²) in [6.45, 7) is 9.53. The minimum absolute atomic E-state index is 0.0640. The van der Waals surface area contributed by atoms with E-state index in [0.29, 0.717) is 44.2 Å². The number of hydrogen-bond donors (Lipinski definition) is 3. The van der Waals surface area contributed by atoms with Crippen molar-refractivity contribution in [1.29, 1.82) is 0 Å². The zero-order valence-corrected chi connectivity index (χ0v) is 53.4. The number of carbonyl (C=O) groups excluding carboxylic acids is 7. The van der Waals surface area contributed by atoms with Crippen LogP contribution in [0.5, 0.6) is 5.75 Å². The Morgan fingerprint density at radius 1 is 0.899 bits per heavy atom. The molecule has 3 N–H and O–H groups in total. The zero-order valence-electron chi connectivity index (χ0n) is 51.8. The number of aliphatic hydroxyl groups is 1. The summed E-state index contributed by atoms with van der Waals surface area (Å²) in [6, 6.07) is 17.7. The Morgan fingerprint density at radius 2 is 1.55 bits per heavy atom. The number of fused-ring (bicyclic) bond motifs is 7. The summed E-state index contributed by atoms with van der Waals surface area (Å²) < 4.78 is 51.6. The van der Waals surface area contributed by atoms with E-state index in [-0.39, 0.29) is 106 Å². The predicted molar refractivity (Wildman–Crippen MR) is 333 cm³/mol. The number of alkyl carbamates (subject to hydrolysis) is 1. The third-order valence-corrected chi connectivity index (χ3v) is 17.3. The molecule has 3 aromatic carbocycles. The second-order valence-electron chi connectivity index (χ2n) is 22.3. The summed E-state index contributed by atoms with van der Waals surface area (Å²) in [5, 5.41) is 17.2. The number of thioether (sulfide) groups is 1. The molecule has 2 fully saturated rings. The SMILES string of the molecule is COc1cc2cc(c1Cl)N(C)C(=O)C[C@H](OC(=O)[C@@H](C)N(C)C(=O)CCSC(=O)CCOCCOCCOCCOCCC(=O)NCCC(=O)N1Cc3ccccc3C#Cc3ccccc31)[C@]1(C)O[C@H]1[C@H](C)C1CC(O)(NC(=O)O1)[C@H](OC)/C=C/C=C(\C)C2. The smallest absolute Gasteiger partial charge is 0.409 e. The van der Waals surface area contributed by atoms with Crippen LogP contribution in [-0.2, 0) is 79.6 Å².